The molecule has 2 N–H and O–H groups in total. The molecule has 0 unspecified atom stereocenters. The Morgan fingerprint density at radius 2 is 1.69 bits per heavy atom. The van der Waals surface area contributed by atoms with E-state index >= 15 is 0 Å². The molecule has 2 rings (SSSR count). The first-order valence-electron chi connectivity index (χ1n) is 7.77. The number of benzene rings is 2. The SMILES string of the molecule is CC/C=C(\Cc1ccc(OC(F)(F)F)cc1)NNc1cc(Cl)cc(Cl)c1. The Morgan fingerprint density at radius 3 is 2.23 bits per heavy atom. The van der Waals surface area contributed by atoms with Crippen LogP contribution in [0.2, 0.25) is 10.0 Å². The molecule has 0 aromatic heterocycles. The molecule has 0 aliphatic heterocycles. The van der Waals surface area contributed by atoms with Crippen LogP contribution in [0.4, 0.5) is 18.9 Å². The van der Waals surface area contributed by atoms with Crippen molar-refractivity contribution in [3.8, 4) is 5.75 Å². The number of hydrogen-bond donors (Lipinski definition) is 2. The van der Waals surface area contributed by atoms with Gasteiger partial charge in [-0.05, 0) is 42.3 Å². The van der Waals surface area contributed by atoms with Gasteiger partial charge in [0.2, 0.25) is 0 Å². The van der Waals surface area contributed by atoms with Crippen LogP contribution in [0, 0.1) is 0 Å². The first kappa shape index (κ1) is 20.3. The summed E-state index contributed by atoms with van der Waals surface area (Å²) in [6, 6.07) is 10.8. The zero-order chi connectivity index (χ0) is 19.2. The summed E-state index contributed by atoms with van der Waals surface area (Å²) in [5.74, 6) is -0.248. The molecule has 0 atom stereocenters. The van der Waals surface area contributed by atoms with Gasteiger partial charge in [-0.3, -0.25) is 0 Å². The van der Waals surface area contributed by atoms with Gasteiger partial charge in [-0.15, -0.1) is 13.2 Å². The van der Waals surface area contributed by atoms with Crippen molar-refractivity contribution in [2.24, 2.45) is 0 Å². The second kappa shape index (κ2) is 9.05. The van der Waals surface area contributed by atoms with E-state index in [-0.39, 0.29) is 5.75 Å². The summed E-state index contributed by atoms with van der Waals surface area (Å²) in [7, 11) is 0. The monoisotopic (exact) mass is 404 g/mol. The minimum atomic E-state index is -4.70. The van der Waals surface area contributed by atoms with Crippen molar-refractivity contribution in [2.75, 3.05) is 5.43 Å². The number of ether oxygens (including phenoxy) is 1. The largest absolute Gasteiger partial charge is 0.573 e. The van der Waals surface area contributed by atoms with Crippen molar-refractivity contribution < 1.29 is 17.9 Å². The van der Waals surface area contributed by atoms with Gasteiger partial charge in [0, 0.05) is 22.2 Å². The molecule has 2 aromatic rings. The van der Waals surface area contributed by atoms with Crippen LogP contribution in [0.1, 0.15) is 18.9 Å². The number of allylic oxidation sites excluding steroid dienone is 2. The molecule has 140 valence electrons. The topological polar surface area (TPSA) is 33.3 Å². The average molecular weight is 405 g/mol. The van der Waals surface area contributed by atoms with E-state index in [2.05, 4.69) is 15.6 Å². The second-order valence-corrected chi connectivity index (χ2v) is 6.29. The number of anilines is 1. The van der Waals surface area contributed by atoms with Crippen molar-refractivity contribution >= 4 is 28.9 Å². The molecule has 0 fully saturated rings. The highest BCUT2D eigenvalue weighted by Gasteiger charge is 2.30. The highest BCUT2D eigenvalue weighted by atomic mass is 35.5. The first-order valence-corrected chi connectivity index (χ1v) is 8.52. The highest BCUT2D eigenvalue weighted by molar-refractivity contribution is 6.35. The van der Waals surface area contributed by atoms with Crippen LogP contribution in [0.15, 0.2) is 54.2 Å². The molecule has 3 nitrogen and oxygen atoms in total. The second-order valence-electron chi connectivity index (χ2n) is 5.41. The fourth-order valence-corrected chi connectivity index (χ4v) is 2.75. The third-order valence-corrected chi connectivity index (χ3v) is 3.67. The van der Waals surface area contributed by atoms with Crippen molar-refractivity contribution in [1.29, 1.82) is 0 Å². The van der Waals surface area contributed by atoms with Gasteiger partial charge in [0.05, 0.1) is 5.69 Å². The molecule has 0 aliphatic carbocycles. The van der Waals surface area contributed by atoms with Gasteiger partial charge in [0.25, 0.3) is 0 Å². The van der Waals surface area contributed by atoms with Crippen molar-refractivity contribution in [2.45, 2.75) is 26.1 Å². The molecular weight excluding hydrogens is 388 g/mol. The Morgan fingerprint density at radius 1 is 1.08 bits per heavy atom. The van der Waals surface area contributed by atoms with Crippen LogP contribution in [0.3, 0.4) is 0 Å². The van der Waals surface area contributed by atoms with Crippen LogP contribution in [-0.4, -0.2) is 6.36 Å². The number of nitrogens with one attached hydrogen (secondary N) is 2. The van der Waals surface area contributed by atoms with Crippen LogP contribution < -0.4 is 15.6 Å². The average Bonchev–Trinajstić information content (AvgIpc) is 2.52. The number of rotatable bonds is 7. The number of halogens is 5. The Hall–Kier alpha value is -2.05. The lowest BCUT2D eigenvalue weighted by atomic mass is 10.1. The smallest absolute Gasteiger partial charge is 0.406 e. The maximum Gasteiger partial charge on any atom is 0.573 e. The molecule has 26 heavy (non-hydrogen) atoms. The van der Waals surface area contributed by atoms with Crippen molar-refractivity contribution in [3.63, 3.8) is 0 Å². The van der Waals surface area contributed by atoms with Gasteiger partial charge in [-0.2, -0.15) is 0 Å². The molecular formula is C18H17Cl2F3N2O. The summed E-state index contributed by atoms with van der Waals surface area (Å²) >= 11 is 11.9. The van der Waals surface area contributed by atoms with Crippen LogP contribution >= 0.6 is 23.2 Å². The van der Waals surface area contributed by atoms with E-state index < -0.39 is 6.36 Å². The normalized spacial score (nSPS) is 12.0. The van der Waals surface area contributed by atoms with E-state index in [0.717, 1.165) is 17.7 Å². The summed E-state index contributed by atoms with van der Waals surface area (Å²) < 4.78 is 40.5. The highest BCUT2D eigenvalue weighted by Crippen LogP contribution is 2.24. The molecule has 0 radical (unpaired) electrons. The minimum absolute atomic E-state index is 0.248. The third-order valence-electron chi connectivity index (χ3n) is 3.23. The molecule has 0 saturated heterocycles. The predicted octanol–water partition coefficient (Wildman–Crippen LogP) is 6.35. The van der Waals surface area contributed by atoms with Crippen LogP contribution in [0.5, 0.6) is 5.75 Å². The van der Waals surface area contributed by atoms with Crippen LogP contribution in [0.25, 0.3) is 0 Å². The molecule has 0 heterocycles. The van der Waals surface area contributed by atoms with E-state index in [1.54, 1.807) is 30.3 Å². The summed E-state index contributed by atoms with van der Waals surface area (Å²) in [5.41, 5.74) is 8.47. The standard InChI is InChI=1S/C18H17Cl2F3N2O/c1-2-3-15(24-25-16-10-13(19)9-14(20)11-16)8-12-4-6-17(7-5-12)26-18(21,22)23/h3-7,9-11,24-25H,2,8H2,1H3/b15-3+. The lowest BCUT2D eigenvalue weighted by Gasteiger charge is -2.15. The first-order chi connectivity index (χ1) is 12.2. The summed E-state index contributed by atoms with van der Waals surface area (Å²) in [6.45, 7) is 1.98. The van der Waals surface area contributed by atoms with Gasteiger partial charge >= 0.3 is 6.36 Å². The fraction of sp³-hybridized carbons (Fsp3) is 0.222. The molecule has 0 saturated carbocycles. The van der Waals surface area contributed by atoms with E-state index in [0.29, 0.717) is 22.2 Å². The maximum atomic E-state index is 12.2. The molecule has 2 aromatic carbocycles. The number of hydrogen-bond acceptors (Lipinski definition) is 3. The van der Waals surface area contributed by atoms with Crippen molar-refractivity contribution in [1.82, 2.24) is 5.43 Å². The molecule has 0 spiro atoms. The Kier molecular flexibility index (Phi) is 7.06. The van der Waals surface area contributed by atoms with Gasteiger partial charge in [0.1, 0.15) is 5.75 Å². The van der Waals surface area contributed by atoms with E-state index in [1.807, 2.05) is 13.0 Å². The Labute approximate surface area is 159 Å². The van der Waals surface area contributed by atoms with Gasteiger partial charge in [0.15, 0.2) is 0 Å². The molecule has 8 heteroatoms. The van der Waals surface area contributed by atoms with Gasteiger partial charge < -0.3 is 15.6 Å². The Bertz CT molecular complexity index is 742. The van der Waals surface area contributed by atoms with Gasteiger partial charge in [-0.1, -0.05) is 48.3 Å². The Balaban J connectivity index is 2.00. The van der Waals surface area contributed by atoms with E-state index in [9.17, 15) is 13.2 Å². The predicted molar refractivity (Wildman–Crippen MR) is 98.4 cm³/mol. The quantitative estimate of drug-likeness (QED) is 0.527. The van der Waals surface area contributed by atoms with Gasteiger partial charge in [-0.25, -0.2) is 0 Å². The zero-order valence-corrected chi connectivity index (χ0v) is 15.3. The summed E-state index contributed by atoms with van der Waals surface area (Å²) in [4.78, 5) is 0. The summed E-state index contributed by atoms with van der Waals surface area (Å²) in [5, 5.41) is 1.01. The van der Waals surface area contributed by atoms with Crippen LogP contribution in [-0.2, 0) is 6.42 Å². The lowest BCUT2D eigenvalue weighted by Crippen LogP contribution is -2.22. The zero-order valence-electron chi connectivity index (χ0n) is 13.8. The molecule has 0 amide bonds. The van der Waals surface area contributed by atoms with E-state index in [1.165, 1.54) is 12.1 Å². The third kappa shape index (κ3) is 7.06. The van der Waals surface area contributed by atoms with Crippen molar-refractivity contribution in [3.05, 3.63) is 69.8 Å². The van der Waals surface area contributed by atoms with E-state index in [4.69, 9.17) is 23.2 Å². The maximum absolute atomic E-state index is 12.2. The number of alkyl halides is 3. The number of hydrazine groups is 1. The lowest BCUT2D eigenvalue weighted by molar-refractivity contribution is -0.274. The molecule has 0 bridgehead atoms. The fourth-order valence-electron chi connectivity index (χ4n) is 2.22. The minimum Gasteiger partial charge on any atom is -0.406 e. The summed E-state index contributed by atoms with van der Waals surface area (Å²) in [6.07, 6.45) is -1.44. The molecule has 0 aliphatic rings.